The first kappa shape index (κ1) is 13.3. The number of nitrogens with two attached hydrogens (primary N) is 1. The van der Waals surface area contributed by atoms with Crippen LogP contribution in [0, 0.1) is 5.82 Å². The second-order valence-electron chi connectivity index (χ2n) is 4.93. The maximum Gasteiger partial charge on any atom is 0.131 e. The summed E-state index contributed by atoms with van der Waals surface area (Å²) < 4.78 is 24.9. The molecule has 2 rings (SSSR count). The lowest BCUT2D eigenvalue weighted by atomic mass is 10.1. The Bertz CT molecular complexity index is 409. The molecule has 1 aliphatic heterocycles. The molecular formula is C14H20FNO2. The second kappa shape index (κ2) is 5.67. The lowest BCUT2D eigenvalue weighted by molar-refractivity contribution is 0.0264. The van der Waals surface area contributed by atoms with Gasteiger partial charge in [0.2, 0.25) is 0 Å². The molecule has 100 valence electrons. The van der Waals surface area contributed by atoms with E-state index in [9.17, 15) is 4.39 Å². The summed E-state index contributed by atoms with van der Waals surface area (Å²) >= 11 is 0. The van der Waals surface area contributed by atoms with Crippen LogP contribution in [0.2, 0.25) is 0 Å². The molecular weight excluding hydrogens is 233 g/mol. The number of benzene rings is 1. The van der Waals surface area contributed by atoms with E-state index in [0.29, 0.717) is 24.0 Å². The van der Waals surface area contributed by atoms with E-state index in [1.807, 2.05) is 0 Å². The number of hydrogen-bond donors (Lipinski definition) is 1. The molecule has 1 saturated heterocycles. The summed E-state index contributed by atoms with van der Waals surface area (Å²) in [7, 11) is 0. The predicted octanol–water partition coefficient (Wildman–Crippen LogP) is 2.79. The van der Waals surface area contributed by atoms with Gasteiger partial charge < -0.3 is 15.2 Å². The van der Waals surface area contributed by atoms with Crippen LogP contribution in [0.4, 0.5) is 4.39 Å². The molecule has 3 atom stereocenters. The third-order valence-corrected chi connectivity index (χ3v) is 3.22. The first-order chi connectivity index (χ1) is 8.56. The third kappa shape index (κ3) is 3.21. The van der Waals surface area contributed by atoms with Gasteiger partial charge in [-0.1, -0.05) is 6.07 Å². The van der Waals surface area contributed by atoms with Crippen molar-refractivity contribution in [1.82, 2.24) is 0 Å². The van der Waals surface area contributed by atoms with Gasteiger partial charge in [-0.05, 0) is 32.8 Å². The average Bonchev–Trinajstić information content (AvgIpc) is 2.72. The molecule has 1 fully saturated rings. The fourth-order valence-electron chi connectivity index (χ4n) is 2.16. The van der Waals surface area contributed by atoms with E-state index in [1.54, 1.807) is 19.1 Å². The van der Waals surface area contributed by atoms with E-state index in [0.717, 1.165) is 12.8 Å². The molecule has 1 aliphatic rings. The summed E-state index contributed by atoms with van der Waals surface area (Å²) in [5, 5.41) is 0. The van der Waals surface area contributed by atoms with Crippen LogP contribution in [0.1, 0.15) is 38.3 Å². The van der Waals surface area contributed by atoms with Gasteiger partial charge in [-0.15, -0.1) is 0 Å². The van der Waals surface area contributed by atoms with Gasteiger partial charge in [0, 0.05) is 17.7 Å². The van der Waals surface area contributed by atoms with Gasteiger partial charge >= 0.3 is 0 Å². The van der Waals surface area contributed by atoms with Gasteiger partial charge in [0.1, 0.15) is 18.2 Å². The van der Waals surface area contributed by atoms with E-state index < -0.39 is 0 Å². The molecule has 3 nitrogen and oxygen atoms in total. The number of ether oxygens (including phenoxy) is 2. The highest BCUT2D eigenvalue weighted by atomic mass is 19.1. The van der Waals surface area contributed by atoms with Crippen LogP contribution in [0.3, 0.4) is 0 Å². The van der Waals surface area contributed by atoms with E-state index in [-0.39, 0.29) is 18.0 Å². The highest BCUT2D eigenvalue weighted by Crippen LogP contribution is 2.23. The van der Waals surface area contributed by atoms with Crippen molar-refractivity contribution in [2.24, 2.45) is 5.73 Å². The zero-order chi connectivity index (χ0) is 13.1. The topological polar surface area (TPSA) is 44.5 Å². The zero-order valence-electron chi connectivity index (χ0n) is 10.9. The Kier molecular flexibility index (Phi) is 4.19. The molecule has 2 N–H and O–H groups in total. The normalized spacial score (nSPS) is 25.1. The Morgan fingerprint density at radius 3 is 2.83 bits per heavy atom. The summed E-state index contributed by atoms with van der Waals surface area (Å²) in [6.45, 7) is 4.28. The molecule has 18 heavy (non-hydrogen) atoms. The number of hydrogen-bond acceptors (Lipinski definition) is 3. The van der Waals surface area contributed by atoms with Gasteiger partial charge in [-0.25, -0.2) is 4.39 Å². The molecule has 1 aromatic carbocycles. The largest absolute Gasteiger partial charge is 0.491 e. The van der Waals surface area contributed by atoms with Gasteiger partial charge in [0.25, 0.3) is 0 Å². The van der Waals surface area contributed by atoms with Crippen LogP contribution in [0.25, 0.3) is 0 Å². The summed E-state index contributed by atoms with van der Waals surface area (Å²) in [5.74, 6) is 0.211. The molecule has 1 heterocycles. The molecule has 4 heteroatoms. The van der Waals surface area contributed by atoms with Crippen molar-refractivity contribution in [3.63, 3.8) is 0 Å². The molecule has 0 amide bonds. The molecule has 1 aromatic rings. The maximum atomic E-state index is 13.7. The van der Waals surface area contributed by atoms with Crippen LogP contribution in [-0.4, -0.2) is 18.8 Å². The average molecular weight is 253 g/mol. The van der Waals surface area contributed by atoms with E-state index in [4.69, 9.17) is 15.2 Å². The van der Waals surface area contributed by atoms with Crippen molar-refractivity contribution in [1.29, 1.82) is 0 Å². The van der Waals surface area contributed by atoms with Crippen molar-refractivity contribution >= 4 is 0 Å². The van der Waals surface area contributed by atoms with Gasteiger partial charge in [0.15, 0.2) is 0 Å². The van der Waals surface area contributed by atoms with Crippen LogP contribution in [0.15, 0.2) is 18.2 Å². The second-order valence-corrected chi connectivity index (χ2v) is 4.93. The minimum atomic E-state index is -0.316. The minimum Gasteiger partial charge on any atom is -0.491 e. The molecule has 0 saturated carbocycles. The number of halogens is 1. The lowest BCUT2D eigenvalue weighted by Crippen LogP contribution is -2.18. The van der Waals surface area contributed by atoms with Crippen molar-refractivity contribution in [2.45, 2.75) is 44.9 Å². The van der Waals surface area contributed by atoms with Crippen molar-refractivity contribution in [3.05, 3.63) is 29.6 Å². The van der Waals surface area contributed by atoms with E-state index in [1.165, 1.54) is 6.07 Å². The fraction of sp³-hybridized carbons (Fsp3) is 0.571. The smallest absolute Gasteiger partial charge is 0.131 e. The van der Waals surface area contributed by atoms with Crippen LogP contribution < -0.4 is 10.5 Å². The van der Waals surface area contributed by atoms with Crippen molar-refractivity contribution in [3.8, 4) is 5.75 Å². The van der Waals surface area contributed by atoms with Crippen molar-refractivity contribution in [2.75, 3.05) is 6.61 Å². The predicted molar refractivity (Wildman–Crippen MR) is 68.1 cm³/mol. The Labute approximate surface area is 107 Å². The third-order valence-electron chi connectivity index (χ3n) is 3.22. The molecule has 0 aliphatic carbocycles. The van der Waals surface area contributed by atoms with Crippen LogP contribution in [0.5, 0.6) is 5.75 Å². The molecule has 0 aromatic heterocycles. The highest BCUT2D eigenvalue weighted by molar-refractivity contribution is 5.30. The summed E-state index contributed by atoms with van der Waals surface area (Å²) in [4.78, 5) is 0. The summed E-state index contributed by atoms with van der Waals surface area (Å²) in [6, 6.07) is 4.50. The van der Waals surface area contributed by atoms with Crippen LogP contribution >= 0.6 is 0 Å². The monoisotopic (exact) mass is 253 g/mol. The maximum absolute atomic E-state index is 13.7. The van der Waals surface area contributed by atoms with Crippen LogP contribution in [-0.2, 0) is 4.74 Å². The molecule has 0 radical (unpaired) electrons. The van der Waals surface area contributed by atoms with Crippen molar-refractivity contribution < 1.29 is 13.9 Å². The standard InChI is InChI=1S/C14H20FNO2/c1-9-3-4-12(18-9)8-17-11-5-6-13(10(2)16)14(15)7-11/h5-7,9-10,12H,3-4,8,16H2,1-2H3/t9?,10-,12?/m1/s1. The van der Waals surface area contributed by atoms with E-state index >= 15 is 0 Å². The Morgan fingerprint density at radius 2 is 2.28 bits per heavy atom. The molecule has 2 unspecified atom stereocenters. The molecule has 0 spiro atoms. The number of rotatable bonds is 4. The Hall–Kier alpha value is -1.13. The zero-order valence-corrected chi connectivity index (χ0v) is 10.9. The molecule has 0 bridgehead atoms. The summed E-state index contributed by atoms with van der Waals surface area (Å²) in [5.41, 5.74) is 6.16. The highest BCUT2D eigenvalue weighted by Gasteiger charge is 2.22. The Morgan fingerprint density at radius 1 is 1.50 bits per heavy atom. The first-order valence-corrected chi connectivity index (χ1v) is 6.39. The minimum absolute atomic E-state index is 0.121. The van der Waals surface area contributed by atoms with Gasteiger partial charge in [0.05, 0.1) is 12.2 Å². The lowest BCUT2D eigenvalue weighted by Gasteiger charge is -2.14. The van der Waals surface area contributed by atoms with E-state index in [2.05, 4.69) is 6.92 Å². The quantitative estimate of drug-likeness (QED) is 0.897. The first-order valence-electron chi connectivity index (χ1n) is 6.39. The summed E-state index contributed by atoms with van der Waals surface area (Å²) in [6.07, 6.45) is 2.49. The fourth-order valence-corrected chi connectivity index (χ4v) is 2.16. The van der Waals surface area contributed by atoms with Gasteiger partial charge in [-0.3, -0.25) is 0 Å². The Balaban J connectivity index is 1.92. The van der Waals surface area contributed by atoms with Gasteiger partial charge in [-0.2, -0.15) is 0 Å². The SMILES string of the molecule is CC1CCC(COc2ccc([C@@H](C)N)c(F)c2)O1.